The van der Waals surface area contributed by atoms with Gasteiger partial charge < -0.3 is 11.1 Å². The summed E-state index contributed by atoms with van der Waals surface area (Å²) in [4.78, 5) is 11.4. The van der Waals surface area contributed by atoms with E-state index in [0.717, 1.165) is 12.1 Å². The van der Waals surface area contributed by atoms with E-state index < -0.39 is 0 Å². The molecule has 0 radical (unpaired) electrons. The molecule has 1 aromatic rings. The maximum absolute atomic E-state index is 11.4. The molecular formula is C12H19ClN2O. The first kappa shape index (κ1) is 14.9. The van der Waals surface area contributed by atoms with Crippen LogP contribution in [-0.4, -0.2) is 12.5 Å². The molecule has 90 valence electrons. The third-order valence-corrected chi connectivity index (χ3v) is 2.18. The predicted molar refractivity (Wildman–Crippen MR) is 69.9 cm³/mol. The summed E-state index contributed by atoms with van der Waals surface area (Å²) < 4.78 is 0. The number of carbonyl (C=O) groups is 1. The van der Waals surface area contributed by atoms with Gasteiger partial charge in [-0.15, -0.1) is 12.4 Å². The maximum atomic E-state index is 11.4. The van der Waals surface area contributed by atoms with Gasteiger partial charge in [-0.2, -0.15) is 0 Å². The van der Waals surface area contributed by atoms with Crippen LogP contribution in [0.1, 0.15) is 19.4 Å². The molecular weight excluding hydrogens is 224 g/mol. The molecule has 3 N–H and O–H groups in total. The lowest BCUT2D eigenvalue weighted by Gasteiger charge is -2.08. The van der Waals surface area contributed by atoms with E-state index in [4.69, 9.17) is 5.73 Å². The van der Waals surface area contributed by atoms with Crippen molar-refractivity contribution in [2.75, 3.05) is 11.9 Å². The average Bonchev–Trinajstić information content (AvgIpc) is 2.21. The summed E-state index contributed by atoms with van der Waals surface area (Å²) in [5, 5.41) is 2.84. The first-order valence-corrected chi connectivity index (χ1v) is 5.23. The van der Waals surface area contributed by atoms with Crippen molar-refractivity contribution >= 4 is 24.0 Å². The minimum Gasteiger partial charge on any atom is -0.330 e. The summed E-state index contributed by atoms with van der Waals surface area (Å²) in [7, 11) is 0. The van der Waals surface area contributed by atoms with Gasteiger partial charge in [0.15, 0.2) is 0 Å². The monoisotopic (exact) mass is 242 g/mol. The number of nitrogens with one attached hydrogen (secondary N) is 1. The standard InChI is InChI=1S/C12H18N2O.ClH/c1-9(2)12(15)14-11-5-3-10(4-6-11)7-8-13;/h3-6,9H,7-8,13H2,1-2H3,(H,14,15);1H. The molecule has 0 aliphatic carbocycles. The summed E-state index contributed by atoms with van der Waals surface area (Å²) in [6, 6.07) is 7.79. The molecule has 1 amide bonds. The van der Waals surface area contributed by atoms with E-state index in [0.29, 0.717) is 6.54 Å². The Morgan fingerprint density at radius 2 is 1.88 bits per heavy atom. The quantitative estimate of drug-likeness (QED) is 0.851. The van der Waals surface area contributed by atoms with Gasteiger partial charge in [0.25, 0.3) is 0 Å². The molecule has 0 spiro atoms. The number of anilines is 1. The zero-order valence-corrected chi connectivity index (χ0v) is 10.5. The number of amides is 1. The van der Waals surface area contributed by atoms with E-state index in [9.17, 15) is 4.79 Å². The molecule has 0 aromatic heterocycles. The molecule has 16 heavy (non-hydrogen) atoms. The molecule has 0 atom stereocenters. The molecule has 4 heteroatoms. The fourth-order valence-corrected chi connectivity index (χ4v) is 1.21. The van der Waals surface area contributed by atoms with Crippen molar-refractivity contribution < 1.29 is 4.79 Å². The smallest absolute Gasteiger partial charge is 0.226 e. The van der Waals surface area contributed by atoms with Crippen LogP contribution in [-0.2, 0) is 11.2 Å². The van der Waals surface area contributed by atoms with Crippen LogP contribution in [0, 0.1) is 5.92 Å². The Morgan fingerprint density at radius 1 is 1.31 bits per heavy atom. The number of hydrogen-bond acceptors (Lipinski definition) is 2. The van der Waals surface area contributed by atoms with Crippen LogP contribution in [0.4, 0.5) is 5.69 Å². The first-order chi connectivity index (χ1) is 7.13. The zero-order valence-electron chi connectivity index (χ0n) is 9.69. The number of nitrogens with two attached hydrogens (primary N) is 1. The third-order valence-electron chi connectivity index (χ3n) is 2.18. The molecule has 0 unspecified atom stereocenters. The minimum atomic E-state index is 0. The first-order valence-electron chi connectivity index (χ1n) is 5.23. The summed E-state index contributed by atoms with van der Waals surface area (Å²) in [6.45, 7) is 4.40. The molecule has 1 rings (SSSR count). The minimum absolute atomic E-state index is 0. The van der Waals surface area contributed by atoms with Crippen molar-refractivity contribution in [1.82, 2.24) is 0 Å². The van der Waals surface area contributed by atoms with Gasteiger partial charge in [-0.3, -0.25) is 4.79 Å². The Bertz CT molecular complexity index is 322. The van der Waals surface area contributed by atoms with E-state index in [1.165, 1.54) is 5.56 Å². The lowest BCUT2D eigenvalue weighted by atomic mass is 10.1. The van der Waals surface area contributed by atoms with Crippen molar-refractivity contribution in [3.05, 3.63) is 29.8 Å². The lowest BCUT2D eigenvalue weighted by molar-refractivity contribution is -0.118. The fraction of sp³-hybridized carbons (Fsp3) is 0.417. The molecule has 0 saturated carbocycles. The molecule has 0 aliphatic rings. The van der Waals surface area contributed by atoms with Crippen LogP contribution in [0.15, 0.2) is 24.3 Å². The van der Waals surface area contributed by atoms with Gasteiger partial charge in [-0.25, -0.2) is 0 Å². The van der Waals surface area contributed by atoms with Gasteiger partial charge in [0, 0.05) is 11.6 Å². The van der Waals surface area contributed by atoms with E-state index in [-0.39, 0.29) is 24.2 Å². The number of rotatable bonds is 4. The van der Waals surface area contributed by atoms with Crippen molar-refractivity contribution in [3.8, 4) is 0 Å². The van der Waals surface area contributed by atoms with Gasteiger partial charge in [-0.1, -0.05) is 26.0 Å². The highest BCUT2D eigenvalue weighted by Gasteiger charge is 2.06. The zero-order chi connectivity index (χ0) is 11.3. The topological polar surface area (TPSA) is 55.1 Å². The predicted octanol–water partition coefficient (Wildman–Crippen LogP) is 2.20. The second kappa shape index (κ2) is 7.25. The number of benzene rings is 1. The normalized spacial score (nSPS) is 9.75. The van der Waals surface area contributed by atoms with Crippen molar-refractivity contribution in [2.45, 2.75) is 20.3 Å². The van der Waals surface area contributed by atoms with Crippen LogP contribution in [0.25, 0.3) is 0 Å². The summed E-state index contributed by atoms with van der Waals surface area (Å²) in [6.07, 6.45) is 0.873. The number of carbonyl (C=O) groups excluding carboxylic acids is 1. The van der Waals surface area contributed by atoms with Crippen LogP contribution in [0.3, 0.4) is 0 Å². The maximum Gasteiger partial charge on any atom is 0.226 e. The molecule has 0 saturated heterocycles. The van der Waals surface area contributed by atoms with Gasteiger partial charge >= 0.3 is 0 Å². The van der Waals surface area contributed by atoms with E-state index in [1.807, 2.05) is 38.1 Å². The molecule has 0 fully saturated rings. The Kier molecular flexibility index (Phi) is 6.77. The van der Waals surface area contributed by atoms with Gasteiger partial charge in [0.1, 0.15) is 0 Å². The van der Waals surface area contributed by atoms with Crippen LogP contribution >= 0.6 is 12.4 Å². The summed E-state index contributed by atoms with van der Waals surface area (Å²) in [5.41, 5.74) is 7.49. The Hall–Kier alpha value is -1.06. The van der Waals surface area contributed by atoms with Crippen molar-refractivity contribution in [2.24, 2.45) is 11.7 Å². The second-order valence-corrected chi connectivity index (χ2v) is 3.88. The molecule has 0 heterocycles. The van der Waals surface area contributed by atoms with Gasteiger partial charge in [0.05, 0.1) is 0 Å². The van der Waals surface area contributed by atoms with E-state index in [1.54, 1.807) is 0 Å². The van der Waals surface area contributed by atoms with Gasteiger partial charge in [-0.05, 0) is 30.7 Å². The molecule has 1 aromatic carbocycles. The highest BCUT2D eigenvalue weighted by atomic mass is 35.5. The van der Waals surface area contributed by atoms with Gasteiger partial charge in [0.2, 0.25) is 5.91 Å². The van der Waals surface area contributed by atoms with E-state index in [2.05, 4.69) is 5.32 Å². The Morgan fingerprint density at radius 3 is 2.31 bits per heavy atom. The molecule has 0 bridgehead atoms. The largest absolute Gasteiger partial charge is 0.330 e. The van der Waals surface area contributed by atoms with E-state index >= 15 is 0 Å². The Balaban J connectivity index is 0.00000225. The lowest BCUT2D eigenvalue weighted by Crippen LogP contribution is -2.17. The number of hydrogen-bond donors (Lipinski definition) is 2. The third kappa shape index (κ3) is 4.64. The highest BCUT2D eigenvalue weighted by molar-refractivity contribution is 5.92. The highest BCUT2D eigenvalue weighted by Crippen LogP contribution is 2.10. The average molecular weight is 243 g/mol. The van der Waals surface area contributed by atoms with Crippen LogP contribution in [0.2, 0.25) is 0 Å². The van der Waals surface area contributed by atoms with Crippen LogP contribution in [0.5, 0.6) is 0 Å². The number of halogens is 1. The SMILES string of the molecule is CC(C)C(=O)Nc1ccc(CCN)cc1.Cl. The van der Waals surface area contributed by atoms with Crippen molar-refractivity contribution in [1.29, 1.82) is 0 Å². The summed E-state index contributed by atoms with van der Waals surface area (Å²) in [5.74, 6) is 0.0512. The van der Waals surface area contributed by atoms with Crippen molar-refractivity contribution in [3.63, 3.8) is 0 Å². The molecule has 3 nitrogen and oxygen atoms in total. The molecule has 0 aliphatic heterocycles. The second-order valence-electron chi connectivity index (χ2n) is 3.88. The summed E-state index contributed by atoms with van der Waals surface area (Å²) >= 11 is 0. The van der Waals surface area contributed by atoms with Crippen LogP contribution < -0.4 is 11.1 Å². The fourth-order valence-electron chi connectivity index (χ4n) is 1.21. The Labute approximate surface area is 103 Å².